The van der Waals surface area contributed by atoms with Crippen LogP contribution in [0.3, 0.4) is 0 Å². The smallest absolute Gasteiger partial charge is 0.338 e. The highest BCUT2D eigenvalue weighted by molar-refractivity contribution is 6.30. The number of nitrogens with one attached hydrogen (secondary N) is 1. The van der Waals surface area contributed by atoms with E-state index in [9.17, 15) is 9.59 Å². The standard InChI is InChI=1S/C20H22ClNO5/c1-13(2)22-19(23)12-27-20(24)15-6-9-17(18(10-15)25-3)26-11-14-4-7-16(21)8-5-14/h4-10,13H,11-12H2,1-3H3,(H,22,23). The lowest BCUT2D eigenvalue weighted by Crippen LogP contribution is -2.33. The molecule has 7 heteroatoms. The zero-order valence-corrected chi connectivity index (χ0v) is 16.2. The lowest BCUT2D eigenvalue weighted by molar-refractivity contribution is -0.124. The first kappa shape index (κ1) is 20.6. The molecule has 0 aliphatic rings. The fourth-order valence-corrected chi connectivity index (χ4v) is 2.36. The molecule has 0 atom stereocenters. The van der Waals surface area contributed by atoms with E-state index in [0.29, 0.717) is 23.1 Å². The molecule has 144 valence electrons. The van der Waals surface area contributed by atoms with Crippen molar-refractivity contribution in [3.05, 3.63) is 58.6 Å². The molecule has 2 aromatic carbocycles. The highest BCUT2D eigenvalue weighted by atomic mass is 35.5. The van der Waals surface area contributed by atoms with Crippen LogP contribution in [-0.4, -0.2) is 31.6 Å². The predicted molar refractivity (Wildman–Crippen MR) is 102 cm³/mol. The Labute approximate surface area is 163 Å². The minimum absolute atomic E-state index is 0.0200. The summed E-state index contributed by atoms with van der Waals surface area (Å²) < 4.78 is 16.0. The minimum Gasteiger partial charge on any atom is -0.493 e. The van der Waals surface area contributed by atoms with Gasteiger partial charge in [-0.1, -0.05) is 23.7 Å². The Morgan fingerprint density at radius 2 is 1.78 bits per heavy atom. The van der Waals surface area contributed by atoms with Crippen LogP contribution in [0.1, 0.15) is 29.8 Å². The van der Waals surface area contributed by atoms with Crippen LogP contribution in [0.5, 0.6) is 11.5 Å². The van der Waals surface area contributed by atoms with Crippen molar-refractivity contribution < 1.29 is 23.8 Å². The van der Waals surface area contributed by atoms with Crippen LogP contribution in [0, 0.1) is 0 Å². The van der Waals surface area contributed by atoms with Crippen molar-refractivity contribution in [1.29, 1.82) is 0 Å². The average Bonchev–Trinajstić information content (AvgIpc) is 2.65. The second-order valence-corrected chi connectivity index (χ2v) is 6.52. The van der Waals surface area contributed by atoms with E-state index < -0.39 is 5.97 Å². The number of methoxy groups -OCH3 is 1. The number of ether oxygens (including phenoxy) is 3. The lowest BCUT2D eigenvalue weighted by Gasteiger charge is -2.12. The van der Waals surface area contributed by atoms with Crippen LogP contribution >= 0.6 is 11.6 Å². The van der Waals surface area contributed by atoms with Gasteiger partial charge in [0.15, 0.2) is 18.1 Å². The summed E-state index contributed by atoms with van der Waals surface area (Å²) in [4.78, 5) is 23.7. The maximum absolute atomic E-state index is 12.1. The third kappa shape index (κ3) is 6.49. The summed E-state index contributed by atoms with van der Waals surface area (Å²) in [6.07, 6.45) is 0. The number of benzene rings is 2. The monoisotopic (exact) mass is 391 g/mol. The van der Waals surface area contributed by atoms with Gasteiger partial charge in [-0.3, -0.25) is 4.79 Å². The third-order valence-electron chi connectivity index (χ3n) is 3.49. The molecule has 0 aliphatic carbocycles. The van der Waals surface area contributed by atoms with E-state index in [1.807, 2.05) is 26.0 Å². The minimum atomic E-state index is -0.614. The van der Waals surface area contributed by atoms with Gasteiger partial charge in [0.25, 0.3) is 5.91 Å². The van der Waals surface area contributed by atoms with Crippen molar-refractivity contribution in [2.75, 3.05) is 13.7 Å². The first-order valence-corrected chi connectivity index (χ1v) is 8.78. The van der Waals surface area contributed by atoms with E-state index >= 15 is 0 Å². The van der Waals surface area contributed by atoms with Crippen molar-refractivity contribution in [1.82, 2.24) is 5.32 Å². The van der Waals surface area contributed by atoms with E-state index in [0.717, 1.165) is 5.56 Å². The molecule has 0 heterocycles. The molecule has 0 aromatic heterocycles. The van der Waals surface area contributed by atoms with Crippen LogP contribution in [0.25, 0.3) is 0 Å². The van der Waals surface area contributed by atoms with E-state index in [-0.39, 0.29) is 24.1 Å². The molecule has 0 radical (unpaired) electrons. The number of halogens is 1. The molecule has 27 heavy (non-hydrogen) atoms. The SMILES string of the molecule is COc1cc(C(=O)OCC(=O)NC(C)C)ccc1OCc1ccc(Cl)cc1. The van der Waals surface area contributed by atoms with Gasteiger partial charge in [-0.15, -0.1) is 0 Å². The summed E-state index contributed by atoms with van der Waals surface area (Å²) in [7, 11) is 1.48. The molecule has 0 aliphatic heterocycles. The molecule has 0 spiro atoms. The van der Waals surface area contributed by atoms with E-state index in [1.54, 1.807) is 24.3 Å². The Morgan fingerprint density at radius 1 is 1.07 bits per heavy atom. The van der Waals surface area contributed by atoms with Crippen molar-refractivity contribution in [3.63, 3.8) is 0 Å². The van der Waals surface area contributed by atoms with Gasteiger partial charge in [-0.25, -0.2) is 4.79 Å². The third-order valence-corrected chi connectivity index (χ3v) is 3.74. The van der Waals surface area contributed by atoms with Gasteiger partial charge < -0.3 is 19.5 Å². The summed E-state index contributed by atoms with van der Waals surface area (Å²) in [5.41, 5.74) is 1.21. The van der Waals surface area contributed by atoms with Crippen molar-refractivity contribution >= 4 is 23.5 Å². The number of rotatable bonds is 8. The Hall–Kier alpha value is -2.73. The van der Waals surface area contributed by atoms with Gasteiger partial charge in [0.1, 0.15) is 6.61 Å². The summed E-state index contributed by atoms with van der Waals surface area (Å²) in [5.74, 6) is -0.0868. The van der Waals surface area contributed by atoms with E-state index in [2.05, 4.69) is 5.32 Å². The number of amides is 1. The van der Waals surface area contributed by atoms with Crippen LogP contribution in [0.4, 0.5) is 0 Å². The molecule has 6 nitrogen and oxygen atoms in total. The van der Waals surface area contributed by atoms with Crippen LogP contribution in [-0.2, 0) is 16.1 Å². The molecular formula is C20H22ClNO5. The van der Waals surface area contributed by atoms with Crippen molar-refractivity contribution in [2.45, 2.75) is 26.5 Å². The van der Waals surface area contributed by atoms with Gasteiger partial charge >= 0.3 is 5.97 Å². The number of carbonyl (C=O) groups is 2. The number of carbonyl (C=O) groups excluding carboxylic acids is 2. The highest BCUT2D eigenvalue weighted by Gasteiger charge is 2.14. The van der Waals surface area contributed by atoms with Gasteiger partial charge in [0, 0.05) is 11.1 Å². The summed E-state index contributed by atoms with van der Waals surface area (Å²) >= 11 is 5.86. The lowest BCUT2D eigenvalue weighted by atomic mass is 10.2. The van der Waals surface area contributed by atoms with Crippen molar-refractivity contribution in [2.24, 2.45) is 0 Å². The summed E-state index contributed by atoms with van der Waals surface area (Å²) in [6.45, 7) is 3.64. The maximum atomic E-state index is 12.1. The van der Waals surface area contributed by atoms with Gasteiger partial charge in [0.2, 0.25) is 0 Å². The molecule has 0 saturated heterocycles. The second-order valence-electron chi connectivity index (χ2n) is 6.08. The zero-order chi connectivity index (χ0) is 19.8. The van der Waals surface area contributed by atoms with Crippen LogP contribution in [0.2, 0.25) is 5.02 Å². The Bertz CT molecular complexity index is 789. The Morgan fingerprint density at radius 3 is 2.41 bits per heavy atom. The predicted octanol–water partition coefficient (Wildman–Crippen LogP) is 3.61. The van der Waals surface area contributed by atoms with Crippen molar-refractivity contribution in [3.8, 4) is 11.5 Å². The fourth-order valence-electron chi connectivity index (χ4n) is 2.23. The van der Waals surface area contributed by atoms with Gasteiger partial charge in [0.05, 0.1) is 12.7 Å². The van der Waals surface area contributed by atoms with Gasteiger partial charge in [-0.05, 0) is 49.7 Å². The molecule has 0 fully saturated rings. The number of hydrogen-bond donors (Lipinski definition) is 1. The normalized spacial score (nSPS) is 10.4. The fraction of sp³-hybridized carbons (Fsp3) is 0.300. The largest absolute Gasteiger partial charge is 0.493 e. The van der Waals surface area contributed by atoms with E-state index in [1.165, 1.54) is 13.2 Å². The Kier molecular flexibility index (Phi) is 7.49. The Balaban J connectivity index is 1.98. The molecule has 2 rings (SSSR count). The first-order chi connectivity index (χ1) is 12.9. The molecule has 1 N–H and O–H groups in total. The topological polar surface area (TPSA) is 73.9 Å². The molecular weight excluding hydrogens is 370 g/mol. The quantitative estimate of drug-likeness (QED) is 0.696. The zero-order valence-electron chi connectivity index (χ0n) is 15.5. The van der Waals surface area contributed by atoms with Crippen LogP contribution in [0.15, 0.2) is 42.5 Å². The molecule has 0 unspecified atom stereocenters. The average molecular weight is 392 g/mol. The van der Waals surface area contributed by atoms with Gasteiger partial charge in [-0.2, -0.15) is 0 Å². The molecule has 1 amide bonds. The number of hydrogen-bond acceptors (Lipinski definition) is 5. The summed E-state index contributed by atoms with van der Waals surface area (Å²) in [5, 5.41) is 3.30. The molecule has 2 aromatic rings. The summed E-state index contributed by atoms with van der Waals surface area (Å²) in [6, 6.07) is 12.0. The van der Waals surface area contributed by atoms with E-state index in [4.69, 9.17) is 25.8 Å². The number of esters is 1. The first-order valence-electron chi connectivity index (χ1n) is 8.41. The maximum Gasteiger partial charge on any atom is 0.338 e. The molecule has 0 bridgehead atoms. The molecule has 0 saturated carbocycles. The highest BCUT2D eigenvalue weighted by Crippen LogP contribution is 2.29. The van der Waals surface area contributed by atoms with Crippen LogP contribution < -0.4 is 14.8 Å². The second kappa shape index (κ2) is 9.83.